The van der Waals surface area contributed by atoms with Crippen molar-refractivity contribution in [2.75, 3.05) is 5.32 Å². The van der Waals surface area contributed by atoms with E-state index in [1.165, 1.54) is 10.8 Å². The van der Waals surface area contributed by atoms with Gasteiger partial charge in [0.15, 0.2) is 0 Å². The van der Waals surface area contributed by atoms with Crippen LogP contribution in [0.1, 0.15) is 5.56 Å². The molecule has 0 saturated heterocycles. The molecule has 1 heterocycles. The Morgan fingerprint density at radius 1 is 0.950 bits per heavy atom. The van der Waals surface area contributed by atoms with Gasteiger partial charge in [-0.2, -0.15) is 0 Å². The molecule has 20 heavy (non-hydrogen) atoms. The second-order valence-corrected chi connectivity index (χ2v) is 6.44. The molecule has 2 aromatic carbocycles. The highest BCUT2D eigenvalue weighted by Crippen LogP contribution is 2.27. The lowest BCUT2D eigenvalue weighted by Gasteiger charge is -2.09. The summed E-state index contributed by atoms with van der Waals surface area (Å²) in [6.45, 7) is 2.02. The second kappa shape index (κ2) is 5.54. The molecule has 0 aliphatic heterocycles. The van der Waals surface area contributed by atoms with Gasteiger partial charge in [0, 0.05) is 16.4 Å². The summed E-state index contributed by atoms with van der Waals surface area (Å²) in [6.07, 6.45) is 1.85. The average Bonchev–Trinajstić information content (AvgIpc) is 2.42. The van der Waals surface area contributed by atoms with Gasteiger partial charge >= 0.3 is 0 Å². The predicted molar refractivity (Wildman–Crippen MR) is 91.6 cm³/mol. The van der Waals surface area contributed by atoms with Crippen LogP contribution >= 0.6 is 31.9 Å². The highest BCUT2D eigenvalue weighted by atomic mass is 79.9. The zero-order chi connectivity index (χ0) is 14.1. The zero-order valence-corrected chi connectivity index (χ0v) is 14.0. The van der Waals surface area contributed by atoms with E-state index in [1.54, 1.807) is 0 Å². The van der Waals surface area contributed by atoms with E-state index in [0.29, 0.717) is 0 Å². The van der Waals surface area contributed by atoms with Crippen molar-refractivity contribution in [2.45, 2.75) is 6.92 Å². The SMILES string of the molecule is Cc1cnc(Nc2ccc3cc(Br)ccc3c2)c(Br)c1. The van der Waals surface area contributed by atoms with E-state index in [9.17, 15) is 0 Å². The first-order valence-electron chi connectivity index (χ1n) is 6.20. The summed E-state index contributed by atoms with van der Waals surface area (Å²) in [4.78, 5) is 4.40. The number of hydrogen-bond acceptors (Lipinski definition) is 2. The van der Waals surface area contributed by atoms with Gasteiger partial charge in [-0.15, -0.1) is 0 Å². The van der Waals surface area contributed by atoms with Crippen molar-refractivity contribution in [1.82, 2.24) is 4.98 Å². The Balaban J connectivity index is 1.96. The highest BCUT2D eigenvalue weighted by Gasteiger charge is 2.03. The maximum atomic E-state index is 4.40. The van der Waals surface area contributed by atoms with Crippen LogP contribution in [0.2, 0.25) is 0 Å². The third-order valence-electron chi connectivity index (χ3n) is 3.04. The van der Waals surface area contributed by atoms with Gasteiger partial charge in [-0.25, -0.2) is 4.98 Å². The molecule has 100 valence electrons. The van der Waals surface area contributed by atoms with Crippen LogP contribution in [0.15, 0.2) is 57.6 Å². The van der Waals surface area contributed by atoms with Gasteiger partial charge in [0.1, 0.15) is 5.82 Å². The van der Waals surface area contributed by atoms with Gasteiger partial charge in [0.05, 0.1) is 4.47 Å². The molecular weight excluding hydrogens is 380 g/mol. The Bertz CT molecular complexity index is 785. The molecule has 0 spiro atoms. The smallest absolute Gasteiger partial charge is 0.144 e. The summed E-state index contributed by atoms with van der Waals surface area (Å²) >= 11 is 7.02. The van der Waals surface area contributed by atoms with Gasteiger partial charge in [-0.1, -0.05) is 28.1 Å². The summed E-state index contributed by atoms with van der Waals surface area (Å²) < 4.78 is 2.06. The van der Waals surface area contributed by atoms with Gasteiger partial charge in [-0.05, 0) is 69.5 Å². The average molecular weight is 392 g/mol. The lowest BCUT2D eigenvalue weighted by atomic mass is 10.1. The number of nitrogens with one attached hydrogen (secondary N) is 1. The van der Waals surface area contributed by atoms with E-state index in [0.717, 1.165) is 26.0 Å². The zero-order valence-electron chi connectivity index (χ0n) is 10.8. The minimum Gasteiger partial charge on any atom is -0.339 e. The summed E-state index contributed by atoms with van der Waals surface area (Å²) in [5.41, 5.74) is 2.16. The largest absolute Gasteiger partial charge is 0.339 e. The molecule has 3 aromatic rings. The summed E-state index contributed by atoms with van der Waals surface area (Å²) in [6, 6.07) is 14.6. The molecule has 2 nitrogen and oxygen atoms in total. The maximum Gasteiger partial charge on any atom is 0.144 e. The Morgan fingerprint density at radius 2 is 1.70 bits per heavy atom. The Kier molecular flexibility index (Phi) is 3.76. The first-order chi connectivity index (χ1) is 9.61. The Morgan fingerprint density at radius 3 is 2.50 bits per heavy atom. The fourth-order valence-electron chi connectivity index (χ4n) is 2.06. The molecule has 0 atom stereocenters. The molecule has 0 saturated carbocycles. The van der Waals surface area contributed by atoms with Crippen LogP contribution in [0.4, 0.5) is 11.5 Å². The number of nitrogens with zero attached hydrogens (tertiary/aromatic N) is 1. The van der Waals surface area contributed by atoms with Crippen molar-refractivity contribution in [2.24, 2.45) is 0 Å². The van der Waals surface area contributed by atoms with Crippen LogP contribution in [0.5, 0.6) is 0 Å². The minimum absolute atomic E-state index is 0.826. The lowest BCUT2D eigenvalue weighted by molar-refractivity contribution is 1.24. The van der Waals surface area contributed by atoms with Crippen LogP contribution in [0, 0.1) is 6.92 Å². The van der Waals surface area contributed by atoms with Crippen LogP contribution < -0.4 is 5.32 Å². The number of rotatable bonds is 2. The van der Waals surface area contributed by atoms with Crippen molar-refractivity contribution in [3.63, 3.8) is 0 Å². The minimum atomic E-state index is 0.826. The van der Waals surface area contributed by atoms with Gasteiger partial charge < -0.3 is 5.32 Å². The monoisotopic (exact) mass is 390 g/mol. The number of halogens is 2. The molecule has 0 amide bonds. The van der Waals surface area contributed by atoms with E-state index in [4.69, 9.17) is 0 Å². The Hall–Kier alpha value is -1.39. The highest BCUT2D eigenvalue weighted by molar-refractivity contribution is 9.10. The fraction of sp³-hybridized carbons (Fsp3) is 0.0625. The summed E-state index contributed by atoms with van der Waals surface area (Å²) in [5, 5.41) is 5.74. The van der Waals surface area contributed by atoms with Gasteiger partial charge in [-0.3, -0.25) is 0 Å². The molecule has 0 bridgehead atoms. The second-order valence-electron chi connectivity index (χ2n) is 4.67. The maximum absolute atomic E-state index is 4.40. The van der Waals surface area contributed by atoms with Crippen molar-refractivity contribution in [3.8, 4) is 0 Å². The number of aryl methyl sites for hydroxylation is 1. The molecule has 1 N–H and O–H groups in total. The molecule has 0 unspecified atom stereocenters. The molecule has 0 aliphatic rings. The van der Waals surface area contributed by atoms with Gasteiger partial charge in [0.2, 0.25) is 0 Å². The van der Waals surface area contributed by atoms with Gasteiger partial charge in [0.25, 0.3) is 0 Å². The third-order valence-corrected chi connectivity index (χ3v) is 4.14. The Labute approximate surface area is 134 Å². The van der Waals surface area contributed by atoms with E-state index in [1.807, 2.05) is 25.3 Å². The van der Waals surface area contributed by atoms with Crippen molar-refractivity contribution in [1.29, 1.82) is 0 Å². The third kappa shape index (κ3) is 2.86. The lowest BCUT2D eigenvalue weighted by Crippen LogP contribution is -1.95. The van der Waals surface area contributed by atoms with E-state index >= 15 is 0 Å². The quantitative estimate of drug-likeness (QED) is 0.595. The normalized spacial score (nSPS) is 10.8. The van der Waals surface area contributed by atoms with E-state index in [2.05, 4.69) is 72.5 Å². The number of fused-ring (bicyclic) bond motifs is 1. The van der Waals surface area contributed by atoms with Crippen LogP contribution in [0.25, 0.3) is 10.8 Å². The number of aromatic nitrogens is 1. The van der Waals surface area contributed by atoms with Crippen molar-refractivity contribution in [3.05, 3.63) is 63.2 Å². The molecule has 4 heteroatoms. The molecule has 0 aliphatic carbocycles. The van der Waals surface area contributed by atoms with Crippen LogP contribution in [-0.2, 0) is 0 Å². The first kappa shape index (κ1) is 13.6. The topological polar surface area (TPSA) is 24.9 Å². The van der Waals surface area contributed by atoms with Crippen molar-refractivity contribution < 1.29 is 0 Å². The molecule has 0 radical (unpaired) electrons. The molecular formula is C16H12Br2N2. The number of anilines is 2. The predicted octanol–water partition coefficient (Wildman–Crippen LogP) is 5.81. The molecule has 3 rings (SSSR count). The molecule has 0 fully saturated rings. The van der Waals surface area contributed by atoms with E-state index < -0.39 is 0 Å². The summed E-state index contributed by atoms with van der Waals surface area (Å²) in [5.74, 6) is 0.826. The van der Waals surface area contributed by atoms with Crippen molar-refractivity contribution >= 4 is 54.1 Å². The first-order valence-corrected chi connectivity index (χ1v) is 7.79. The molecule has 1 aromatic heterocycles. The van der Waals surface area contributed by atoms with Crippen LogP contribution in [-0.4, -0.2) is 4.98 Å². The number of benzene rings is 2. The number of hydrogen-bond donors (Lipinski definition) is 1. The number of pyridine rings is 1. The standard InChI is InChI=1S/C16H12Br2N2/c1-10-6-15(18)16(19-9-10)20-14-5-3-11-7-13(17)4-2-12(11)8-14/h2-9H,1H3,(H,19,20). The van der Waals surface area contributed by atoms with E-state index in [-0.39, 0.29) is 0 Å². The summed E-state index contributed by atoms with van der Waals surface area (Å²) in [7, 11) is 0. The van der Waals surface area contributed by atoms with Crippen LogP contribution in [0.3, 0.4) is 0 Å². The fourth-order valence-corrected chi connectivity index (χ4v) is 3.00.